The second-order valence-corrected chi connectivity index (χ2v) is 9.98. The quantitative estimate of drug-likeness (QED) is 0.391. The first-order valence-corrected chi connectivity index (χ1v) is 11.6. The van der Waals surface area contributed by atoms with Crippen LogP contribution in [-0.2, 0) is 4.57 Å². The second kappa shape index (κ2) is 9.27. The molecule has 3 aromatic rings. The Morgan fingerprint density at radius 1 is 0.774 bits per heavy atom. The highest BCUT2D eigenvalue weighted by Gasteiger charge is 2.46. The summed E-state index contributed by atoms with van der Waals surface area (Å²) >= 11 is 12.6. The third-order valence-corrected chi connectivity index (χ3v) is 8.25. The maximum absolute atomic E-state index is 14.4. The van der Waals surface area contributed by atoms with E-state index < -0.39 is 18.2 Å². The van der Waals surface area contributed by atoms with E-state index in [-0.39, 0.29) is 38.0 Å². The van der Waals surface area contributed by atoms with Gasteiger partial charge in [-0.1, -0.05) is 65.7 Å². The van der Waals surface area contributed by atoms with Crippen LogP contribution in [0.15, 0.2) is 60.7 Å². The van der Waals surface area contributed by atoms with Gasteiger partial charge in [-0.15, -0.1) is 0 Å². The highest BCUT2D eigenvalue weighted by molar-refractivity contribution is 8.01. The molecule has 8 heteroatoms. The van der Waals surface area contributed by atoms with Gasteiger partial charge in [0.05, 0.1) is 29.8 Å². The topological polar surface area (TPSA) is 69.7 Å². The molecule has 1 unspecified atom stereocenters. The molecule has 0 N–H and O–H groups in total. The van der Waals surface area contributed by atoms with E-state index >= 15 is 0 Å². The van der Waals surface area contributed by atoms with E-state index in [4.69, 9.17) is 32.7 Å². The Hall–Kier alpha value is -2.59. The number of aryl methyl sites for hydroxylation is 1. The van der Waals surface area contributed by atoms with E-state index in [0.29, 0.717) is 5.56 Å². The number of hydrogen-bond acceptors (Lipinski definition) is 5. The number of hydrogen-bond donors (Lipinski definition) is 0. The average molecular weight is 477 g/mol. The Kier molecular flexibility index (Phi) is 6.90. The number of rotatable bonds is 7. The van der Waals surface area contributed by atoms with E-state index in [9.17, 15) is 14.2 Å². The van der Waals surface area contributed by atoms with Gasteiger partial charge in [-0.2, -0.15) is 0 Å². The van der Waals surface area contributed by atoms with E-state index in [1.807, 2.05) is 0 Å². The Morgan fingerprint density at radius 2 is 1.32 bits per heavy atom. The van der Waals surface area contributed by atoms with Crippen LogP contribution in [0.1, 0.15) is 26.3 Å². The molecule has 5 nitrogen and oxygen atoms in total. The van der Waals surface area contributed by atoms with Gasteiger partial charge in [0.1, 0.15) is 17.1 Å². The van der Waals surface area contributed by atoms with Gasteiger partial charge in [0.25, 0.3) is 0 Å². The van der Waals surface area contributed by atoms with Gasteiger partial charge in [0.2, 0.25) is 18.2 Å². The fourth-order valence-electron chi connectivity index (χ4n) is 3.19. The molecule has 31 heavy (non-hydrogen) atoms. The first-order chi connectivity index (χ1) is 14.8. The predicted octanol–water partition coefficient (Wildman–Crippen LogP) is 5.99. The Morgan fingerprint density at radius 3 is 1.87 bits per heavy atom. The summed E-state index contributed by atoms with van der Waals surface area (Å²) in [5.41, 5.74) is -1.55. The number of benzene rings is 3. The second-order valence-electron chi connectivity index (χ2n) is 6.65. The molecule has 0 amide bonds. The summed E-state index contributed by atoms with van der Waals surface area (Å²) in [6, 6.07) is 15.6. The van der Waals surface area contributed by atoms with Crippen LogP contribution in [0.4, 0.5) is 0 Å². The van der Waals surface area contributed by atoms with Crippen LogP contribution in [0.25, 0.3) is 0 Å². The van der Waals surface area contributed by atoms with Crippen LogP contribution < -0.4 is 14.8 Å². The molecule has 160 valence electrons. The van der Waals surface area contributed by atoms with Crippen LogP contribution in [-0.4, -0.2) is 25.3 Å². The molecule has 3 aromatic carbocycles. The smallest absolute Gasteiger partial charge is 0.249 e. The van der Waals surface area contributed by atoms with E-state index in [1.54, 1.807) is 37.3 Å². The third kappa shape index (κ3) is 4.01. The molecule has 0 spiro atoms. The van der Waals surface area contributed by atoms with Crippen LogP contribution >= 0.6 is 30.3 Å². The lowest BCUT2D eigenvalue weighted by molar-refractivity contribution is 0.103. The molecular weight excluding hydrogens is 458 g/mol. The van der Waals surface area contributed by atoms with Gasteiger partial charge in [0, 0.05) is 5.30 Å². The molecule has 0 aliphatic rings. The molecule has 0 radical (unpaired) electrons. The molecule has 0 bridgehead atoms. The van der Waals surface area contributed by atoms with Crippen molar-refractivity contribution in [1.29, 1.82) is 0 Å². The number of halogens is 2. The normalized spacial score (nSPS) is 12.7. The van der Waals surface area contributed by atoms with Gasteiger partial charge in [-0.05, 0) is 30.7 Å². The largest absolute Gasteiger partial charge is 0.496 e. The van der Waals surface area contributed by atoms with Crippen molar-refractivity contribution in [2.24, 2.45) is 0 Å². The number of carbonyl (C=O) groups excluding carboxylic acids is 2. The molecule has 0 aliphatic heterocycles. The lowest BCUT2D eigenvalue weighted by Crippen LogP contribution is -2.22. The zero-order valence-electron chi connectivity index (χ0n) is 17.0. The summed E-state index contributed by atoms with van der Waals surface area (Å²) in [6.07, 6.45) is 0. The molecule has 0 heterocycles. The third-order valence-electron chi connectivity index (χ3n) is 4.83. The lowest BCUT2D eigenvalue weighted by atomic mass is 10.1. The minimum absolute atomic E-state index is 0.0107. The maximum atomic E-state index is 14.4. The van der Waals surface area contributed by atoms with Gasteiger partial charge >= 0.3 is 0 Å². The monoisotopic (exact) mass is 476 g/mol. The first-order valence-electron chi connectivity index (χ1n) is 9.18. The van der Waals surface area contributed by atoms with Crippen molar-refractivity contribution in [3.8, 4) is 11.5 Å². The van der Waals surface area contributed by atoms with E-state index in [2.05, 4.69) is 0 Å². The Balaban J connectivity index is 2.34. The highest BCUT2D eigenvalue weighted by Crippen LogP contribution is 2.55. The van der Waals surface area contributed by atoms with Crippen LogP contribution in [0.5, 0.6) is 11.5 Å². The highest BCUT2D eigenvalue weighted by atomic mass is 35.5. The molecular formula is C23H19Cl2O5P. The summed E-state index contributed by atoms with van der Waals surface area (Å²) in [4.78, 5) is 27.6. The molecule has 0 fully saturated rings. The summed E-state index contributed by atoms with van der Waals surface area (Å²) in [6.45, 7) is 1.69. The van der Waals surface area contributed by atoms with Gasteiger partial charge in [0.15, 0.2) is 0 Å². The zero-order valence-corrected chi connectivity index (χ0v) is 19.4. The van der Waals surface area contributed by atoms with Crippen molar-refractivity contribution in [3.05, 3.63) is 87.4 Å². The molecule has 0 saturated heterocycles. The number of carbonyl (C=O) groups is 2. The van der Waals surface area contributed by atoms with Crippen LogP contribution in [0.2, 0.25) is 10.0 Å². The fourth-order valence-corrected chi connectivity index (χ4v) is 6.20. The Labute approximate surface area is 190 Å². The van der Waals surface area contributed by atoms with Crippen LogP contribution in [0, 0.1) is 6.92 Å². The van der Waals surface area contributed by atoms with Crippen molar-refractivity contribution in [1.82, 2.24) is 0 Å². The summed E-state index contributed by atoms with van der Waals surface area (Å²) in [5, 5.41) is 0.122. The standard InChI is InChI=1S/C23H19Cl2O5P/c1-14-12-13-16(24)19(21(14)25)22(26)31(28,15-8-5-4-6-9-15)23(27)20-17(29-2)10-7-11-18(20)30-3/h4-13H,1-3H3. The summed E-state index contributed by atoms with van der Waals surface area (Å²) in [7, 11) is -1.72. The van der Waals surface area contributed by atoms with Crippen molar-refractivity contribution >= 4 is 46.7 Å². The van der Waals surface area contributed by atoms with E-state index in [0.717, 1.165) is 0 Å². The van der Waals surface area contributed by atoms with Crippen LogP contribution in [0.3, 0.4) is 0 Å². The summed E-state index contributed by atoms with van der Waals surface area (Å²) < 4.78 is 25.1. The van der Waals surface area contributed by atoms with Gasteiger partial charge < -0.3 is 14.0 Å². The number of methoxy groups -OCH3 is 2. The minimum atomic E-state index is -4.46. The number of ether oxygens (including phenoxy) is 2. The Bertz CT molecular complexity index is 1190. The maximum Gasteiger partial charge on any atom is 0.249 e. The predicted molar refractivity (Wildman–Crippen MR) is 123 cm³/mol. The van der Waals surface area contributed by atoms with Gasteiger partial charge in [-0.25, -0.2) is 0 Å². The van der Waals surface area contributed by atoms with E-state index in [1.165, 1.54) is 44.6 Å². The van der Waals surface area contributed by atoms with Crippen molar-refractivity contribution in [2.75, 3.05) is 14.2 Å². The molecule has 3 rings (SSSR count). The van der Waals surface area contributed by atoms with Gasteiger partial charge in [-0.3, -0.25) is 9.59 Å². The fraction of sp³-hybridized carbons (Fsp3) is 0.130. The molecule has 0 aromatic heterocycles. The average Bonchev–Trinajstić information content (AvgIpc) is 2.80. The first kappa shape index (κ1) is 23.1. The van der Waals surface area contributed by atoms with Crippen molar-refractivity contribution in [3.63, 3.8) is 0 Å². The molecule has 0 saturated carbocycles. The minimum Gasteiger partial charge on any atom is -0.496 e. The summed E-state index contributed by atoms with van der Waals surface area (Å²) in [5.74, 6) is 0.268. The van der Waals surface area contributed by atoms with Crippen molar-refractivity contribution < 1.29 is 23.6 Å². The van der Waals surface area contributed by atoms with Crippen molar-refractivity contribution in [2.45, 2.75) is 6.92 Å². The molecule has 1 atom stereocenters. The lowest BCUT2D eigenvalue weighted by Gasteiger charge is -2.20. The SMILES string of the molecule is COc1cccc(OC)c1C(=O)P(=O)(C(=O)c1c(Cl)ccc(C)c1Cl)c1ccccc1. The zero-order chi connectivity index (χ0) is 22.8. The molecule has 0 aliphatic carbocycles.